The van der Waals surface area contributed by atoms with Crippen LogP contribution in [0.15, 0.2) is 29.2 Å². The highest BCUT2D eigenvalue weighted by molar-refractivity contribution is 7.89. The Morgan fingerprint density at radius 2 is 2.16 bits per heavy atom. The zero-order valence-electron chi connectivity index (χ0n) is 10.9. The van der Waals surface area contributed by atoms with E-state index in [1.54, 1.807) is 26.0 Å². The molecule has 0 aromatic heterocycles. The van der Waals surface area contributed by atoms with Crippen molar-refractivity contribution in [1.82, 2.24) is 5.32 Å². The van der Waals surface area contributed by atoms with Crippen LogP contribution in [0.25, 0.3) is 0 Å². The molecule has 3 N–H and O–H groups in total. The third kappa shape index (κ3) is 4.98. The number of carbonyl (C=O) groups excluding carboxylic acids is 1. The minimum atomic E-state index is -3.74. The van der Waals surface area contributed by atoms with Crippen molar-refractivity contribution >= 4 is 15.9 Å². The van der Waals surface area contributed by atoms with Gasteiger partial charge >= 0.3 is 0 Å². The van der Waals surface area contributed by atoms with Crippen LogP contribution in [-0.4, -0.2) is 27.5 Å². The molecule has 1 amide bonds. The van der Waals surface area contributed by atoms with E-state index in [0.717, 1.165) is 0 Å². The number of nitrogens with two attached hydrogens (primary N) is 1. The number of primary sulfonamides is 1. The second-order valence-electron chi connectivity index (χ2n) is 4.04. The summed E-state index contributed by atoms with van der Waals surface area (Å²) in [6.45, 7) is 4.00. The van der Waals surface area contributed by atoms with E-state index in [1.165, 1.54) is 12.1 Å². The summed E-state index contributed by atoms with van der Waals surface area (Å²) < 4.78 is 27.5. The fraction of sp³-hybridized carbons (Fsp3) is 0.417. The zero-order chi connectivity index (χ0) is 14.5. The van der Waals surface area contributed by atoms with Crippen LogP contribution in [0.1, 0.15) is 25.5 Å². The Balaban J connectivity index is 2.77. The van der Waals surface area contributed by atoms with Crippen LogP contribution in [0.5, 0.6) is 0 Å². The van der Waals surface area contributed by atoms with Gasteiger partial charge in [-0.25, -0.2) is 13.6 Å². The van der Waals surface area contributed by atoms with Crippen LogP contribution in [0, 0.1) is 0 Å². The topological polar surface area (TPSA) is 98.5 Å². The molecule has 1 rings (SSSR count). The van der Waals surface area contributed by atoms with E-state index in [-0.39, 0.29) is 23.5 Å². The summed E-state index contributed by atoms with van der Waals surface area (Å²) in [6.07, 6.45) is 0. The first-order chi connectivity index (χ1) is 8.84. The number of nitrogens with one attached hydrogen (secondary N) is 1. The quantitative estimate of drug-likeness (QED) is 0.797. The van der Waals surface area contributed by atoms with E-state index < -0.39 is 10.0 Å². The largest absolute Gasteiger partial charge is 0.372 e. The SMILES string of the molecule is CCOCC(=O)NC(C)c1cccc(S(N)(=O)=O)c1. The van der Waals surface area contributed by atoms with Crippen molar-refractivity contribution in [3.8, 4) is 0 Å². The van der Waals surface area contributed by atoms with Gasteiger partial charge in [-0.1, -0.05) is 12.1 Å². The first-order valence-electron chi connectivity index (χ1n) is 5.84. The molecule has 0 aliphatic rings. The summed E-state index contributed by atoms with van der Waals surface area (Å²) >= 11 is 0. The summed E-state index contributed by atoms with van der Waals surface area (Å²) in [5.74, 6) is -0.254. The van der Waals surface area contributed by atoms with E-state index >= 15 is 0 Å². The number of amides is 1. The van der Waals surface area contributed by atoms with Crippen LogP contribution in [0.4, 0.5) is 0 Å². The predicted octanol–water partition coefficient (Wildman–Crippen LogP) is 0.548. The van der Waals surface area contributed by atoms with Crippen molar-refractivity contribution in [3.05, 3.63) is 29.8 Å². The molecule has 0 saturated carbocycles. The van der Waals surface area contributed by atoms with Crippen LogP contribution in [0.3, 0.4) is 0 Å². The maximum absolute atomic E-state index is 11.5. The van der Waals surface area contributed by atoms with Crippen LogP contribution >= 0.6 is 0 Å². The number of rotatable bonds is 6. The van der Waals surface area contributed by atoms with Crippen molar-refractivity contribution < 1.29 is 17.9 Å². The number of hydrogen-bond acceptors (Lipinski definition) is 4. The Hall–Kier alpha value is -1.44. The first kappa shape index (κ1) is 15.6. The number of sulfonamides is 1. The molecule has 19 heavy (non-hydrogen) atoms. The molecular formula is C12H18N2O4S. The Morgan fingerprint density at radius 3 is 2.74 bits per heavy atom. The molecule has 0 aliphatic carbocycles. The minimum absolute atomic E-state index is 0.0181. The molecule has 0 aliphatic heterocycles. The normalized spacial score (nSPS) is 13.0. The summed E-state index contributed by atoms with van der Waals surface area (Å²) in [5, 5.41) is 7.77. The van der Waals surface area contributed by atoms with Gasteiger partial charge in [0, 0.05) is 6.61 Å². The van der Waals surface area contributed by atoms with E-state index in [1.807, 2.05) is 0 Å². The average Bonchev–Trinajstić information content (AvgIpc) is 2.35. The van der Waals surface area contributed by atoms with Gasteiger partial charge in [0.1, 0.15) is 6.61 Å². The summed E-state index contributed by atoms with van der Waals surface area (Å²) in [6, 6.07) is 5.84. The lowest BCUT2D eigenvalue weighted by Gasteiger charge is -2.15. The number of hydrogen-bond donors (Lipinski definition) is 2. The smallest absolute Gasteiger partial charge is 0.246 e. The molecule has 0 fully saturated rings. The van der Waals surface area contributed by atoms with Crippen molar-refractivity contribution in [2.75, 3.05) is 13.2 Å². The van der Waals surface area contributed by atoms with Gasteiger partial charge in [-0.15, -0.1) is 0 Å². The molecule has 1 aromatic rings. The fourth-order valence-electron chi connectivity index (χ4n) is 1.52. The average molecular weight is 286 g/mol. The Morgan fingerprint density at radius 1 is 1.47 bits per heavy atom. The minimum Gasteiger partial charge on any atom is -0.372 e. The lowest BCUT2D eigenvalue weighted by molar-refractivity contribution is -0.126. The van der Waals surface area contributed by atoms with Gasteiger partial charge in [0.2, 0.25) is 15.9 Å². The van der Waals surface area contributed by atoms with Crippen molar-refractivity contribution in [3.63, 3.8) is 0 Å². The molecule has 1 atom stereocenters. The number of carbonyl (C=O) groups is 1. The molecule has 106 valence electrons. The van der Waals surface area contributed by atoms with Crippen molar-refractivity contribution in [2.24, 2.45) is 5.14 Å². The van der Waals surface area contributed by atoms with Gasteiger partial charge in [0.05, 0.1) is 10.9 Å². The van der Waals surface area contributed by atoms with E-state index in [4.69, 9.17) is 9.88 Å². The summed E-state index contributed by atoms with van der Waals surface area (Å²) in [4.78, 5) is 11.5. The van der Waals surface area contributed by atoms with E-state index in [0.29, 0.717) is 12.2 Å². The van der Waals surface area contributed by atoms with E-state index in [2.05, 4.69) is 5.32 Å². The van der Waals surface area contributed by atoms with Crippen molar-refractivity contribution in [1.29, 1.82) is 0 Å². The molecule has 7 heteroatoms. The highest BCUT2D eigenvalue weighted by Crippen LogP contribution is 2.16. The standard InChI is InChI=1S/C12H18N2O4S/c1-3-18-8-12(15)14-9(2)10-5-4-6-11(7-10)19(13,16)17/h4-7,9H,3,8H2,1-2H3,(H,14,15)(H2,13,16,17). The van der Waals surface area contributed by atoms with Crippen LogP contribution in [-0.2, 0) is 19.6 Å². The first-order valence-corrected chi connectivity index (χ1v) is 7.39. The molecule has 0 heterocycles. The molecule has 0 radical (unpaired) electrons. The van der Waals surface area contributed by atoms with Gasteiger partial charge in [-0.2, -0.15) is 0 Å². The monoisotopic (exact) mass is 286 g/mol. The maximum Gasteiger partial charge on any atom is 0.246 e. The molecule has 0 bridgehead atoms. The highest BCUT2D eigenvalue weighted by Gasteiger charge is 2.13. The Bertz CT molecular complexity index is 542. The molecule has 1 aromatic carbocycles. The molecule has 6 nitrogen and oxygen atoms in total. The Labute approximate surface area is 113 Å². The van der Waals surface area contributed by atoms with Gasteiger partial charge in [-0.05, 0) is 31.5 Å². The van der Waals surface area contributed by atoms with Gasteiger partial charge in [-0.3, -0.25) is 4.79 Å². The lowest BCUT2D eigenvalue weighted by Crippen LogP contribution is -2.30. The zero-order valence-corrected chi connectivity index (χ0v) is 11.7. The van der Waals surface area contributed by atoms with Crippen molar-refractivity contribution in [2.45, 2.75) is 24.8 Å². The molecule has 0 saturated heterocycles. The maximum atomic E-state index is 11.5. The van der Waals surface area contributed by atoms with Gasteiger partial charge < -0.3 is 10.1 Å². The third-order valence-corrected chi connectivity index (χ3v) is 3.41. The number of benzene rings is 1. The molecular weight excluding hydrogens is 268 g/mol. The Kier molecular flexibility index (Phi) is 5.46. The van der Waals surface area contributed by atoms with Gasteiger partial charge in [0.15, 0.2) is 0 Å². The second-order valence-corrected chi connectivity index (χ2v) is 5.61. The lowest BCUT2D eigenvalue weighted by atomic mass is 10.1. The second kappa shape index (κ2) is 6.65. The van der Waals surface area contributed by atoms with Crippen LogP contribution < -0.4 is 10.5 Å². The van der Waals surface area contributed by atoms with Crippen LogP contribution in [0.2, 0.25) is 0 Å². The van der Waals surface area contributed by atoms with E-state index in [9.17, 15) is 13.2 Å². The fourth-order valence-corrected chi connectivity index (χ4v) is 2.09. The summed E-state index contributed by atoms with van der Waals surface area (Å²) in [5.41, 5.74) is 0.663. The predicted molar refractivity (Wildman–Crippen MR) is 70.9 cm³/mol. The van der Waals surface area contributed by atoms with Gasteiger partial charge in [0.25, 0.3) is 0 Å². The highest BCUT2D eigenvalue weighted by atomic mass is 32.2. The molecule has 1 unspecified atom stereocenters. The number of ether oxygens (including phenoxy) is 1. The third-order valence-electron chi connectivity index (χ3n) is 2.50. The summed E-state index contributed by atoms with van der Waals surface area (Å²) in [7, 11) is -3.74. The molecule has 0 spiro atoms.